The SMILES string of the molecule is CC(C)N1c2ccc(C=O)cc2CC1Cc1ccccc1C1CC1.CCSc1ccc(CNC)cc1. The summed E-state index contributed by atoms with van der Waals surface area (Å²) in [5.41, 5.74) is 7.84. The van der Waals surface area contributed by atoms with E-state index in [4.69, 9.17) is 0 Å². The summed E-state index contributed by atoms with van der Waals surface area (Å²) in [6.07, 6.45) is 5.77. The number of hydrogen-bond acceptors (Lipinski definition) is 4. The van der Waals surface area contributed by atoms with Crippen LogP contribution in [-0.2, 0) is 19.4 Å². The maximum Gasteiger partial charge on any atom is 0.150 e. The molecule has 3 aromatic carbocycles. The number of rotatable bonds is 9. The van der Waals surface area contributed by atoms with Crippen molar-refractivity contribution in [3.8, 4) is 0 Å². The highest BCUT2D eigenvalue weighted by atomic mass is 32.2. The zero-order chi connectivity index (χ0) is 25.5. The van der Waals surface area contributed by atoms with E-state index in [2.05, 4.69) is 91.7 Å². The van der Waals surface area contributed by atoms with E-state index in [-0.39, 0.29) is 0 Å². The first-order valence-electron chi connectivity index (χ1n) is 13.3. The third-order valence-corrected chi connectivity index (χ3v) is 7.96. The summed E-state index contributed by atoms with van der Waals surface area (Å²) in [4.78, 5) is 15.0. The van der Waals surface area contributed by atoms with Gasteiger partial charge in [0.15, 0.2) is 0 Å². The van der Waals surface area contributed by atoms with Crippen molar-refractivity contribution in [1.29, 1.82) is 0 Å². The smallest absolute Gasteiger partial charge is 0.150 e. The fraction of sp³-hybridized carbons (Fsp3) is 0.406. The highest BCUT2D eigenvalue weighted by Crippen LogP contribution is 2.43. The lowest BCUT2D eigenvalue weighted by molar-refractivity contribution is 0.112. The first-order chi connectivity index (χ1) is 17.5. The Morgan fingerprint density at radius 1 is 1.06 bits per heavy atom. The number of anilines is 1. The predicted molar refractivity (Wildman–Crippen MR) is 155 cm³/mol. The van der Waals surface area contributed by atoms with E-state index < -0.39 is 0 Å². The molecule has 0 bridgehead atoms. The van der Waals surface area contributed by atoms with Crippen molar-refractivity contribution in [2.45, 2.75) is 75.9 Å². The van der Waals surface area contributed by atoms with Crippen molar-refractivity contribution in [2.75, 3.05) is 17.7 Å². The molecule has 0 saturated heterocycles. The van der Waals surface area contributed by atoms with Crippen molar-refractivity contribution < 1.29 is 4.79 Å². The van der Waals surface area contributed by atoms with Crippen LogP contribution in [0.15, 0.2) is 71.6 Å². The first-order valence-corrected chi connectivity index (χ1v) is 14.3. The Bertz CT molecular complexity index is 1110. The summed E-state index contributed by atoms with van der Waals surface area (Å²) >= 11 is 1.88. The van der Waals surface area contributed by atoms with Gasteiger partial charge in [0.1, 0.15) is 6.29 Å². The highest BCUT2D eigenvalue weighted by molar-refractivity contribution is 7.99. The molecular formula is C32H40N2OS. The maximum absolute atomic E-state index is 11.1. The Hall–Kier alpha value is -2.56. The number of nitrogens with one attached hydrogen (secondary N) is 1. The molecule has 1 unspecified atom stereocenters. The van der Waals surface area contributed by atoms with Gasteiger partial charge in [0.25, 0.3) is 0 Å². The molecule has 0 radical (unpaired) electrons. The molecule has 2 aliphatic rings. The quantitative estimate of drug-likeness (QED) is 0.247. The van der Waals surface area contributed by atoms with E-state index >= 15 is 0 Å². The molecule has 1 atom stereocenters. The van der Waals surface area contributed by atoms with E-state index in [1.807, 2.05) is 24.9 Å². The second-order valence-electron chi connectivity index (χ2n) is 10.1. The van der Waals surface area contributed by atoms with E-state index in [0.29, 0.717) is 12.1 Å². The maximum atomic E-state index is 11.1. The summed E-state index contributed by atoms with van der Waals surface area (Å²) in [5, 5.41) is 3.13. The lowest BCUT2D eigenvalue weighted by Gasteiger charge is -2.32. The minimum Gasteiger partial charge on any atom is -0.365 e. The van der Waals surface area contributed by atoms with E-state index in [0.717, 1.165) is 42.9 Å². The van der Waals surface area contributed by atoms with Gasteiger partial charge >= 0.3 is 0 Å². The van der Waals surface area contributed by atoms with Crippen LogP contribution in [0, 0.1) is 0 Å². The average Bonchev–Trinajstić information content (AvgIpc) is 3.66. The standard InChI is InChI=1S/C22H25NO.C10H15NS/c1-15(2)23-20(13-19-11-16(14-24)7-10-22(19)23)12-18-5-3-4-6-21(18)17-8-9-17;1-3-12-10-6-4-9(5-7-10)8-11-2/h3-7,10-11,14-15,17,20H,8-9,12-13H2,1-2H3;4-7,11H,3,8H2,1-2H3. The Morgan fingerprint density at radius 3 is 2.44 bits per heavy atom. The molecule has 1 N–H and O–H groups in total. The molecule has 36 heavy (non-hydrogen) atoms. The number of carbonyl (C=O) groups is 1. The van der Waals surface area contributed by atoms with Crippen LogP contribution in [0.4, 0.5) is 5.69 Å². The van der Waals surface area contributed by atoms with Crippen LogP contribution < -0.4 is 10.2 Å². The van der Waals surface area contributed by atoms with Crippen molar-refractivity contribution in [3.05, 3.63) is 94.5 Å². The third-order valence-electron chi connectivity index (χ3n) is 7.07. The Morgan fingerprint density at radius 2 is 1.81 bits per heavy atom. The zero-order valence-corrected chi connectivity index (χ0v) is 23.0. The van der Waals surface area contributed by atoms with Crippen molar-refractivity contribution >= 4 is 23.7 Å². The molecule has 0 spiro atoms. The van der Waals surface area contributed by atoms with Crippen molar-refractivity contribution in [1.82, 2.24) is 5.32 Å². The van der Waals surface area contributed by atoms with Gasteiger partial charge in [-0.3, -0.25) is 4.79 Å². The molecule has 3 aromatic rings. The van der Waals surface area contributed by atoms with Crippen molar-refractivity contribution in [3.63, 3.8) is 0 Å². The fourth-order valence-electron chi connectivity index (χ4n) is 5.35. The van der Waals surface area contributed by atoms with E-state index in [1.54, 1.807) is 5.56 Å². The molecule has 3 nitrogen and oxygen atoms in total. The van der Waals surface area contributed by atoms with Gasteiger partial charge in [0.2, 0.25) is 0 Å². The molecule has 1 aliphatic heterocycles. The van der Waals surface area contributed by atoms with Crippen LogP contribution in [0.1, 0.15) is 72.1 Å². The number of hydrogen-bond donors (Lipinski definition) is 1. The lowest BCUT2D eigenvalue weighted by atomic mass is 9.95. The van der Waals surface area contributed by atoms with E-state index in [1.165, 1.54) is 40.1 Å². The number of benzene rings is 3. The number of carbonyl (C=O) groups excluding carboxylic acids is 1. The summed E-state index contributed by atoms with van der Waals surface area (Å²) in [6.45, 7) is 7.66. The number of thioether (sulfide) groups is 1. The molecule has 4 heteroatoms. The van der Waals surface area contributed by atoms with Crippen LogP contribution in [-0.4, -0.2) is 31.2 Å². The van der Waals surface area contributed by atoms with Gasteiger partial charge < -0.3 is 10.2 Å². The third kappa shape index (κ3) is 6.60. The second kappa shape index (κ2) is 12.6. The normalized spacial score (nSPS) is 16.5. The van der Waals surface area contributed by atoms with Gasteiger partial charge in [-0.25, -0.2) is 0 Å². The van der Waals surface area contributed by atoms with Gasteiger partial charge in [0, 0.05) is 34.8 Å². The lowest BCUT2D eigenvalue weighted by Crippen LogP contribution is -2.39. The van der Waals surface area contributed by atoms with Crippen LogP contribution >= 0.6 is 11.8 Å². The van der Waals surface area contributed by atoms with Gasteiger partial charge in [-0.05, 0) is 111 Å². The molecule has 0 aromatic heterocycles. The van der Waals surface area contributed by atoms with Crippen molar-refractivity contribution in [2.24, 2.45) is 0 Å². The minimum atomic E-state index is 0.464. The second-order valence-corrected chi connectivity index (χ2v) is 11.5. The summed E-state index contributed by atoms with van der Waals surface area (Å²) in [5.74, 6) is 1.94. The molecule has 190 valence electrons. The van der Waals surface area contributed by atoms with Gasteiger partial charge in [-0.15, -0.1) is 11.8 Å². The first kappa shape index (κ1) is 26.5. The van der Waals surface area contributed by atoms with Crippen LogP contribution in [0.3, 0.4) is 0 Å². The molecule has 1 fully saturated rings. The van der Waals surface area contributed by atoms with Crippen LogP contribution in [0.5, 0.6) is 0 Å². The highest BCUT2D eigenvalue weighted by Gasteiger charge is 2.33. The molecule has 1 aliphatic carbocycles. The molecule has 1 saturated carbocycles. The summed E-state index contributed by atoms with van der Waals surface area (Å²) < 4.78 is 0. The predicted octanol–water partition coefficient (Wildman–Crippen LogP) is 7.28. The van der Waals surface area contributed by atoms with Gasteiger partial charge in [-0.2, -0.15) is 0 Å². The fourth-order valence-corrected chi connectivity index (χ4v) is 6.02. The monoisotopic (exact) mass is 500 g/mol. The Balaban J connectivity index is 0.000000214. The van der Waals surface area contributed by atoms with Crippen LogP contribution in [0.2, 0.25) is 0 Å². The summed E-state index contributed by atoms with van der Waals surface area (Å²) in [6, 6.07) is 24.8. The molecular weight excluding hydrogens is 460 g/mol. The largest absolute Gasteiger partial charge is 0.365 e. The Kier molecular flexibility index (Phi) is 9.28. The van der Waals surface area contributed by atoms with Gasteiger partial charge in [-0.1, -0.05) is 43.3 Å². The molecule has 5 rings (SSSR count). The molecule has 0 amide bonds. The van der Waals surface area contributed by atoms with Crippen LogP contribution in [0.25, 0.3) is 0 Å². The van der Waals surface area contributed by atoms with Gasteiger partial charge in [0.05, 0.1) is 0 Å². The van der Waals surface area contributed by atoms with E-state index in [9.17, 15) is 4.79 Å². The average molecular weight is 501 g/mol. The Labute approximate surface area is 221 Å². The topological polar surface area (TPSA) is 32.3 Å². The minimum absolute atomic E-state index is 0.464. The number of fused-ring (bicyclic) bond motifs is 1. The zero-order valence-electron chi connectivity index (χ0n) is 22.2. The summed E-state index contributed by atoms with van der Waals surface area (Å²) in [7, 11) is 1.97. The number of nitrogens with zero attached hydrogens (tertiary/aromatic N) is 1. The number of aldehydes is 1. The molecule has 1 heterocycles.